The summed E-state index contributed by atoms with van der Waals surface area (Å²) in [5.74, 6) is 1.59. The number of hydrogen-bond donors (Lipinski definition) is 1. The molecular formula is C17H23N3O2. The lowest BCUT2D eigenvalue weighted by molar-refractivity contribution is -0.116. The second kappa shape index (κ2) is 7.64. The third-order valence-electron chi connectivity index (χ3n) is 3.33. The Labute approximate surface area is 131 Å². The van der Waals surface area contributed by atoms with E-state index in [1.54, 1.807) is 10.9 Å². The van der Waals surface area contributed by atoms with E-state index in [0.717, 1.165) is 17.1 Å². The highest BCUT2D eigenvalue weighted by molar-refractivity contribution is 5.89. The van der Waals surface area contributed by atoms with Crippen molar-refractivity contribution in [1.82, 2.24) is 9.78 Å². The Morgan fingerprint density at radius 1 is 1.32 bits per heavy atom. The van der Waals surface area contributed by atoms with Gasteiger partial charge in [-0.1, -0.05) is 18.2 Å². The first-order chi connectivity index (χ1) is 10.6. The average Bonchev–Trinajstić information content (AvgIpc) is 2.93. The molecule has 2 rings (SSSR count). The molecule has 0 saturated carbocycles. The van der Waals surface area contributed by atoms with Crippen LogP contribution in [0.15, 0.2) is 36.5 Å². The van der Waals surface area contributed by atoms with E-state index in [-0.39, 0.29) is 11.9 Å². The predicted octanol–water partition coefficient (Wildman–Crippen LogP) is 3.57. The summed E-state index contributed by atoms with van der Waals surface area (Å²) in [7, 11) is 0. The number of anilines is 1. The van der Waals surface area contributed by atoms with E-state index in [2.05, 4.69) is 10.4 Å². The van der Waals surface area contributed by atoms with E-state index in [1.165, 1.54) is 0 Å². The summed E-state index contributed by atoms with van der Waals surface area (Å²) in [4.78, 5) is 12.0. The zero-order valence-electron chi connectivity index (χ0n) is 13.4. The number of amides is 1. The number of para-hydroxylation sites is 1. The third-order valence-corrected chi connectivity index (χ3v) is 3.33. The molecule has 2 aromatic rings. The van der Waals surface area contributed by atoms with Crippen molar-refractivity contribution in [2.45, 2.75) is 39.7 Å². The summed E-state index contributed by atoms with van der Waals surface area (Å²) >= 11 is 0. The van der Waals surface area contributed by atoms with Gasteiger partial charge >= 0.3 is 0 Å². The SMILES string of the molecule is Cc1ccccc1OCCCC(=O)Nc1ccnn1C(C)C. The van der Waals surface area contributed by atoms with Gasteiger partial charge < -0.3 is 10.1 Å². The van der Waals surface area contributed by atoms with Gasteiger partial charge in [0.1, 0.15) is 11.6 Å². The van der Waals surface area contributed by atoms with Crippen LogP contribution in [0.4, 0.5) is 5.82 Å². The van der Waals surface area contributed by atoms with Crippen molar-refractivity contribution in [3.8, 4) is 5.75 Å². The smallest absolute Gasteiger partial charge is 0.225 e. The number of carbonyl (C=O) groups excluding carboxylic acids is 1. The molecule has 118 valence electrons. The van der Waals surface area contributed by atoms with Gasteiger partial charge in [0.05, 0.1) is 12.8 Å². The number of nitrogens with one attached hydrogen (secondary N) is 1. The Balaban J connectivity index is 1.74. The minimum absolute atomic E-state index is 0.0178. The second-order valence-corrected chi connectivity index (χ2v) is 5.52. The molecule has 0 fully saturated rings. The fourth-order valence-corrected chi connectivity index (χ4v) is 2.16. The van der Waals surface area contributed by atoms with Gasteiger partial charge in [-0.05, 0) is 38.8 Å². The van der Waals surface area contributed by atoms with Gasteiger partial charge in [0, 0.05) is 18.5 Å². The molecule has 0 atom stereocenters. The molecule has 5 nitrogen and oxygen atoms in total. The lowest BCUT2D eigenvalue weighted by atomic mass is 10.2. The third kappa shape index (κ3) is 4.35. The molecule has 0 radical (unpaired) electrons. The second-order valence-electron chi connectivity index (χ2n) is 5.52. The number of ether oxygens (including phenoxy) is 1. The number of hydrogen-bond acceptors (Lipinski definition) is 3. The number of aryl methyl sites for hydroxylation is 1. The van der Waals surface area contributed by atoms with Crippen LogP contribution >= 0.6 is 0 Å². The average molecular weight is 301 g/mol. The quantitative estimate of drug-likeness (QED) is 0.795. The Morgan fingerprint density at radius 2 is 2.09 bits per heavy atom. The summed E-state index contributed by atoms with van der Waals surface area (Å²) in [5, 5.41) is 7.08. The Morgan fingerprint density at radius 3 is 2.82 bits per heavy atom. The van der Waals surface area contributed by atoms with Crippen LogP contribution in [0, 0.1) is 6.92 Å². The van der Waals surface area contributed by atoms with E-state index < -0.39 is 0 Å². The zero-order valence-corrected chi connectivity index (χ0v) is 13.4. The highest BCUT2D eigenvalue weighted by atomic mass is 16.5. The number of carbonyl (C=O) groups is 1. The molecule has 0 bridgehead atoms. The molecule has 22 heavy (non-hydrogen) atoms. The van der Waals surface area contributed by atoms with Crippen LogP contribution in [-0.2, 0) is 4.79 Å². The van der Waals surface area contributed by atoms with E-state index in [0.29, 0.717) is 19.4 Å². The summed E-state index contributed by atoms with van der Waals surface area (Å²) in [6.45, 7) is 6.59. The highest BCUT2D eigenvalue weighted by Crippen LogP contribution is 2.17. The van der Waals surface area contributed by atoms with Crippen molar-refractivity contribution < 1.29 is 9.53 Å². The maximum absolute atomic E-state index is 12.0. The largest absolute Gasteiger partial charge is 0.493 e. The molecule has 5 heteroatoms. The molecule has 0 saturated heterocycles. The minimum Gasteiger partial charge on any atom is -0.493 e. The molecule has 1 aromatic heterocycles. The monoisotopic (exact) mass is 301 g/mol. The topological polar surface area (TPSA) is 56.1 Å². The first-order valence-electron chi connectivity index (χ1n) is 7.59. The number of aromatic nitrogens is 2. The lowest BCUT2D eigenvalue weighted by Crippen LogP contribution is -2.17. The van der Waals surface area contributed by atoms with Crippen molar-refractivity contribution in [1.29, 1.82) is 0 Å². The van der Waals surface area contributed by atoms with E-state index in [9.17, 15) is 4.79 Å². The predicted molar refractivity (Wildman–Crippen MR) is 87.1 cm³/mol. The molecule has 0 aliphatic heterocycles. The zero-order chi connectivity index (χ0) is 15.9. The van der Waals surface area contributed by atoms with Crippen molar-refractivity contribution in [2.75, 3.05) is 11.9 Å². The maximum Gasteiger partial charge on any atom is 0.225 e. The molecule has 0 unspecified atom stereocenters. The molecule has 1 aromatic carbocycles. The van der Waals surface area contributed by atoms with Crippen molar-refractivity contribution >= 4 is 11.7 Å². The molecule has 0 aliphatic carbocycles. The van der Waals surface area contributed by atoms with Crippen molar-refractivity contribution in [2.24, 2.45) is 0 Å². The maximum atomic E-state index is 12.0. The molecule has 1 heterocycles. The normalized spacial score (nSPS) is 10.7. The summed E-state index contributed by atoms with van der Waals surface area (Å²) in [6, 6.07) is 9.90. The van der Waals surface area contributed by atoms with Crippen LogP contribution in [-0.4, -0.2) is 22.3 Å². The van der Waals surface area contributed by atoms with Crippen molar-refractivity contribution in [3.63, 3.8) is 0 Å². The van der Waals surface area contributed by atoms with Gasteiger partial charge in [-0.25, -0.2) is 4.68 Å². The van der Waals surface area contributed by atoms with E-state index >= 15 is 0 Å². The summed E-state index contributed by atoms with van der Waals surface area (Å²) in [5.41, 5.74) is 1.10. The van der Waals surface area contributed by atoms with E-state index in [1.807, 2.05) is 51.1 Å². The van der Waals surface area contributed by atoms with Crippen LogP contribution < -0.4 is 10.1 Å². The van der Waals surface area contributed by atoms with Crippen LogP contribution in [0.25, 0.3) is 0 Å². The van der Waals surface area contributed by atoms with Gasteiger partial charge in [0.25, 0.3) is 0 Å². The van der Waals surface area contributed by atoms with Crippen LogP contribution in [0.3, 0.4) is 0 Å². The molecule has 1 amide bonds. The van der Waals surface area contributed by atoms with Gasteiger partial charge in [-0.15, -0.1) is 0 Å². The first kappa shape index (κ1) is 16.1. The Kier molecular flexibility index (Phi) is 5.58. The van der Waals surface area contributed by atoms with E-state index in [4.69, 9.17) is 4.74 Å². The fraction of sp³-hybridized carbons (Fsp3) is 0.412. The van der Waals surface area contributed by atoms with Gasteiger partial charge in [-0.2, -0.15) is 5.10 Å². The standard InChI is InChI=1S/C17H23N3O2/c1-13(2)20-16(10-11-18-20)19-17(21)9-6-12-22-15-8-5-4-7-14(15)3/h4-5,7-8,10-11,13H,6,9,12H2,1-3H3,(H,19,21). The Hall–Kier alpha value is -2.30. The summed E-state index contributed by atoms with van der Waals surface area (Å²) in [6.07, 6.45) is 2.79. The molecule has 1 N–H and O–H groups in total. The van der Waals surface area contributed by atoms with Crippen LogP contribution in [0.5, 0.6) is 5.75 Å². The number of nitrogens with zero attached hydrogens (tertiary/aromatic N) is 2. The van der Waals surface area contributed by atoms with Crippen LogP contribution in [0.2, 0.25) is 0 Å². The molecule has 0 aliphatic rings. The lowest BCUT2D eigenvalue weighted by Gasteiger charge is -2.12. The van der Waals surface area contributed by atoms with Gasteiger partial charge in [0.15, 0.2) is 0 Å². The Bertz CT molecular complexity index is 620. The van der Waals surface area contributed by atoms with Crippen LogP contribution in [0.1, 0.15) is 38.3 Å². The fourth-order valence-electron chi connectivity index (χ4n) is 2.16. The minimum atomic E-state index is -0.0178. The molecule has 0 spiro atoms. The number of rotatable bonds is 7. The van der Waals surface area contributed by atoms with Gasteiger partial charge in [-0.3, -0.25) is 4.79 Å². The summed E-state index contributed by atoms with van der Waals surface area (Å²) < 4.78 is 7.48. The molecular weight excluding hydrogens is 278 g/mol. The number of benzene rings is 1. The van der Waals surface area contributed by atoms with Crippen molar-refractivity contribution in [3.05, 3.63) is 42.1 Å². The first-order valence-corrected chi connectivity index (χ1v) is 7.59. The highest BCUT2D eigenvalue weighted by Gasteiger charge is 2.09. The van der Waals surface area contributed by atoms with Gasteiger partial charge in [0.2, 0.25) is 5.91 Å².